The van der Waals surface area contributed by atoms with Crippen LogP contribution in [0.3, 0.4) is 0 Å². The molecule has 0 heterocycles. The van der Waals surface area contributed by atoms with E-state index in [4.69, 9.17) is 15.2 Å². The molecule has 0 aliphatic rings. The summed E-state index contributed by atoms with van der Waals surface area (Å²) in [6, 6.07) is 4.82. The molecule has 3 N–H and O–H groups in total. The first-order valence-corrected chi connectivity index (χ1v) is 8.31. The summed E-state index contributed by atoms with van der Waals surface area (Å²) >= 11 is 0. The highest BCUT2D eigenvalue weighted by Gasteiger charge is 2.28. The predicted octanol–water partition coefficient (Wildman–Crippen LogP) is 1.50. The maximum absolute atomic E-state index is 12.5. The van der Waals surface area contributed by atoms with Crippen LogP contribution in [-0.2, 0) is 10.0 Å². The molecule has 0 radical (unpaired) electrons. The molecule has 0 saturated carbocycles. The van der Waals surface area contributed by atoms with E-state index in [0.29, 0.717) is 12.8 Å². The first-order chi connectivity index (χ1) is 9.83. The highest BCUT2D eigenvalue weighted by atomic mass is 32.2. The van der Waals surface area contributed by atoms with Crippen LogP contribution in [0.4, 0.5) is 0 Å². The Morgan fingerprint density at radius 2 is 1.62 bits per heavy atom. The molecule has 0 atom stereocenters. The van der Waals surface area contributed by atoms with Crippen LogP contribution >= 0.6 is 0 Å². The lowest BCUT2D eigenvalue weighted by Gasteiger charge is -2.27. The molecule has 0 aliphatic carbocycles. The number of nitrogens with two attached hydrogens (primary N) is 1. The molecule has 0 amide bonds. The molecule has 0 saturated heterocycles. The molecular formula is C14H24N2O4S. The molecule has 1 rings (SSSR count). The maximum Gasteiger partial charge on any atom is 0.248 e. The number of hydrogen-bond acceptors (Lipinski definition) is 5. The molecule has 0 spiro atoms. The minimum atomic E-state index is -3.78. The van der Waals surface area contributed by atoms with Crippen LogP contribution in [0.5, 0.6) is 11.5 Å². The summed E-state index contributed by atoms with van der Waals surface area (Å²) in [6.45, 7) is 4.02. The quantitative estimate of drug-likeness (QED) is 0.758. The van der Waals surface area contributed by atoms with E-state index in [1.165, 1.54) is 14.2 Å². The van der Waals surface area contributed by atoms with Gasteiger partial charge in [-0.1, -0.05) is 19.9 Å². The fourth-order valence-corrected chi connectivity index (χ4v) is 3.35. The number of nitrogens with one attached hydrogen (secondary N) is 1. The second-order valence-electron chi connectivity index (χ2n) is 4.89. The highest BCUT2D eigenvalue weighted by molar-refractivity contribution is 7.89. The van der Waals surface area contributed by atoms with Crippen molar-refractivity contribution in [1.29, 1.82) is 0 Å². The zero-order valence-electron chi connectivity index (χ0n) is 13.0. The van der Waals surface area contributed by atoms with Gasteiger partial charge in [0.05, 0.1) is 14.2 Å². The number of ether oxygens (including phenoxy) is 2. The van der Waals surface area contributed by atoms with Crippen molar-refractivity contribution in [3.05, 3.63) is 18.2 Å². The van der Waals surface area contributed by atoms with Crippen LogP contribution in [0.25, 0.3) is 0 Å². The third-order valence-electron chi connectivity index (χ3n) is 3.67. The van der Waals surface area contributed by atoms with E-state index in [1.54, 1.807) is 18.2 Å². The fourth-order valence-electron chi connectivity index (χ4n) is 1.89. The zero-order chi connectivity index (χ0) is 16.1. The number of methoxy groups -OCH3 is 2. The zero-order valence-corrected chi connectivity index (χ0v) is 13.8. The number of rotatable bonds is 8. The Kier molecular flexibility index (Phi) is 6.00. The first kappa shape index (κ1) is 17.7. The lowest BCUT2D eigenvalue weighted by atomic mass is 9.95. The fraction of sp³-hybridized carbons (Fsp3) is 0.571. The highest BCUT2D eigenvalue weighted by Crippen LogP contribution is 2.32. The van der Waals surface area contributed by atoms with Crippen molar-refractivity contribution >= 4 is 10.0 Å². The van der Waals surface area contributed by atoms with E-state index in [9.17, 15) is 8.42 Å². The van der Waals surface area contributed by atoms with Gasteiger partial charge in [0.25, 0.3) is 0 Å². The van der Waals surface area contributed by atoms with Crippen LogP contribution in [0.15, 0.2) is 23.1 Å². The van der Waals surface area contributed by atoms with Gasteiger partial charge in [-0.05, 0) is 25.0 Å². The van der Waals surface area contributed by atoms with Gasteiger partial charge >= 0.3 is 0 Å². The average molecular weight is 316 g/mol. The van der Waals surface area contributed by atoms with E-state index in [0.717, 1.165) is 0 Å². The van der Waals surface area contributed by atoms with Gasteiger partial charge < -0.3 is 15.2 Å². The minimum absolute atomic E-state index is 0.00967. The van der Waals surface area contributed by atoms with Gasteiger partial charge in [-0.2, -0.15) is 0 Å². The molecule has 1 aromatic carbocycles. The van der Waals surface area contributed by atoms with Gasteiger partial charge in [0, 0.05) is 12.1 Å². The first-order valence-electron chi connectivity index (χ1n) is 6.83. The van der Waals surface area contributed by atoms with Crippen LogP contribution in [-0.4, -0.2) is 34.7 Å². The van der Waals surface area contributed by atoms with E-state index in [2.05, 4.69) is 4.72 Å². The van der Waals surface area contributed by atoms with Crippen LogP contribution in [0.2, 0.25) is 0 Å². The largest absolute Gasteiger partial charge is 0.495 e. The Balaban J connectivity index is 3.14. The summed E-state index contributed by atoms with van der Waals surface area (Å²) in [5.74, 6) is 0.468. The molecule has 0 unspecified atom stereocenters. The lowest BCUT2D eigenvalue weighted by Crippen LogP contribution is -2.49. The third-order valence-corrected chi connectivity index (χ3v) is 5.14. The SMILES string of the molecule is CCC(N)(CC)CNS(=O)(=O)c1c(OC)cccc1OC. The Morgan fingerprint density at radius 3 is 2.00 bits per heavy atom. The second kappa shape index (κ2) is 7.11. The van der Waals surface area contributed by atoms with Crippen molar-refractivity contribution < 1.29 is 17.9 Å². The summed E-state index contributed by atoms with van der Waals surface area (Å²) in [5.41, 5.74) is 5.57. The number of hydrogen-bond donors (Lipinski definition) is 2. The average Bonchev–Trinajstić information content (AvgIpc) is 2.51. The standard InChI is InChI=1S/C14H24N2O4S/c1-5-14(15,6-2)10-16-21(17,18)13-11(19-3)8-7-9-12(13)20-4/h7-9,16H,5-6,10,15H2,1-4H3. The lowest BCUT2D eigenvalue weighted by molar-refractivity contribution is 0.369. The van der Waals surface area contributed by atoms with Crippen molar-refractivity contribution in [2.75, 3.05) is 20.8 Å². The number of benzene rings is 1. The van der Waals surface area contributed by atoms with Gasteiger partial charge in [0.2, 0.25) is 10.0 Å². The van der Waals surface area contributed by atoms with Crippen molar-refractivity contribution in [2.45, 2.75) is 37.1 Å². The Bertz CT molecular complexity index is 546. The molecule has 21 heavy (non-hydrogen) atoms. The van der Waals surface area contributed by atoms with Gasteiger partial charge in [0.1, 0.15) is 11.5 Å². The summed E-state index contributed by atoms with van der Waals surface area (Å²) in [6.07, 6.45) is 1.35. The Hall–Kier alpha value is -1.31. The van der Waals surface area contributed by atoms with E-state index in [1.807, 2.05) is 13.8 Å². The van der Waals surface area contributed by atoms with Crippen molar-refractivity contribution in [2.24, 2.45) is 5.73 Å². The van der Waals surface area contributed by atoms with Gasteiger partial charge in [-0.3, -0.25) is 0 Å². The topological polar surface area (TPSA) is 90.7 Å². The summed E-state index contributed by atoms with van der Waals surface area (Å²) in [4.78, 5) is -0.00967. The normalized spacial score (nSPS) is 12.2. The monoisotopic (exact) mass is 316 g/mol. The maximum atomic E-state index is 12.5. The minimum Gasteiger partial charge on any atom is -0.495 e. The molecule has 0 aromatic heterocycles. The van der Waals surface area contributed by atoms with E-state index >= 15 is 0 Å². The number of sulfonamides is 1. The Morgan fingerprint density at radius 1 is 1.14 bits per heavy atom. The van der Waals surface area contributed by atoms with E-state index in [-0.39, 0.29) is 22.9 Å². The smallest absolute Gasteiger partial charge is 0.248 e. The summed E-state index contributed by atoms with van der Waals surface area (Å²) < 4.78 is 37.9. The molecule has 0 aliphatic heterocycles. The van der Waals surface area contributed by atoms with Crippen LogP contribution in [0, 0.1) is 0 Å². The van der Waals surface area contributed by atoms with Crippen molar-refractivity contribution in [3.63, 3.8) is 0 Å². The van der Waals surface area contributed by atoms with Crippen molar-refractivity contribution in [1.82, 2.24) is 4.72 Å². The van der Waals surface area contributed by atoms with Gasteiger partial charge in [-0.25, -0.2) is 13.1 Å². The molecule has 120 valence electrons. The predicted molar refractivity (Wildman–Crippen MR) is 82.2 cm³/mol. The Labute approximate surface area is 126 Å². The van der Waals surface area contributed by atoms with Crippen LogP contribution in [0.1, 0.15) is 26.7 Å². The van der Waals surface area contributed by atoms with E-state index < -0.39 is 15.6 Å². The van der Waals surface area contributed by atoms with Crippen LogP contribution < -0.4 is 19.9 Å². The molecule has 0 bridgehead atoms. The molecular weight excluding hydrogens is 292 g/mol. The molecule has 6 nitrogen and oxygen atoms in total. The van der Waals surface area contributed by atoms with Gasteiger partial charge in [-0.15, -0.1) is 0 Å². The summed E-state index contributed by atoms with van der Waals surface area (Å²) in [7, 11) is -0.948. The van der Waals surface area contributed by atoms with Crippen molar-refractivity contribution in [3.8, 4) is 11.5 Å². The second-order valence-corrected chi connectivity index (χ2v) is 6.59. The molecule has 1 aromatic rings. The third kappa shape index (κ3) is 4.09. The van der Waals surface area contributed by atoms with Gasteiger partial charge in [0.15, 0.2) is 4.90 Å². The summed E-state index contributed by atoms with van der Waals surface area (Å²) in [5, 5.41) is 0. The molecule has 7 heteroatoms. The molecule has 0 fully saturated rings.